The maximum absolute atomic E-state index is 5.37. The number of nitrogens with zero attached hydrogens (tertiary/aromatic N) is 2. The molecule has 0 unspecified atom stereocenters. The van der Waals surface area contributed by atoms with Crippen LogP contribution >= 0.6 is 15.9 Å². The van der Waals surface area contributed by atoms with E-state index in [2.05, 4.69) is 37.3 Å². The van der Waals surface area contributed by atoms with Gasteiger partial charge in [0.2, 0.25) is 0 Å². The molecule has 104 valence electrons. The molecule has 4 nitrogen and oxygen atoms in total. The van der Waals surface area contributed by atoms with E-state index in [0.717, 1.165) is 27.4 Å². The highest BCUT2D eigenvalue weighted by Gasteiger charge is 2.26. The molecular formula is C15H16BrN3O. The monoisotopic (exact) mass is 333 g/mol. The average Bonchev–Trinajstić information content (AvgIpc) is 3.30. The lowest BCUT2D eigenvalue weighted by molar-refractivity contribution is 0.410. The molecule has 2 aromatic rings. The van der Waals surface area contributed by atoms with E-state index in [9.17, 15) is 0 Å². The SMILES string of the molecule is COc1ccc(Br)cc1CNc1ccnc(C2CC2)n1. The number of methoxy groups -OCH3 is 1. The van der Waals surface area contributed by atoms with Crippen molar-refractivity contribution in [3.8, 4) is 5.75 Å². The predicted molar refractivity (Wildman–Crippen MR) is 82.0 cm³/mol. The minimum atomic E-state index is 0.567. The smallest absolute Gasteiger partial charge is 0.133 e. The molecule has 0 radical (unpaired) electrons. The third-order valence-electron chi connectivity index (χ3n) is 3.32. The van der Waals surface area contributed by atoms with Gasteiger partial charge in [0.15, 0.2) is 0 Å². The highest BCUT2D eigenvalue weighted by molar-refractivity contribution is 9.10. The van der Waals surface area contributed by atoms with Crippen LogP contribution in [0.5, 0.6) is 5.75 Å². The van der Waals surface area contributed by atoms with Crippen molar-refractivity contribution in [1.82, 2.24) is 9.97 Å². The van der Waals surface area contributed by atoms with Gasteiger partial charge in [0.25, 0.3) is 0 Å². The van der Waals surface area contributed by atoms with E-state index in [1.165, 1.54) is 12.8 Å². The highest BCUT2D eigenvalue weighted by atomic mass is 79.9. The van der Waals surface area contributed by atoms with Crippen LogP contribution < -0.4 is 10.1 Å². The van der Waals surface area contributed by atoms with E-state index in [4.69, 9.17) is 4.74 Å². The fourth-order valence-electron chi connectivity index (χ4n) is 2.08. The predicted octanol–water partition coefficient (Wildman–Crippen LogP) is 3.74. The molecule has 1 aliphatic rings. The molecule has 5 heteroatoms. The van der Waals surface area contributed by atoms with E-state index in [1.54, 1.807) is 7.11 Å². The largest absolute Gasteiger partial charge is 0.496 e. The summed E-state index contributed by atoms with van der Waals surface area (Å²) in [6.45, 7) is 0.670. The Morgan fingerprint density at radius 1 is 1.35 bits per heavy atom. The van der Waals surface area contributed by atoms with Crippen LogP contribution in [-0.2, 0) is 6.54 Å². The Labute approximate surface area is 126 Å². The lowest BCUT2D eigenvalue weighted by atomic mass is 10.2. The van der Waals surface area contributed by atoms with Crippen LogP contribution in [0.3, 0.4) is 0 Å². The van der Waals surface area contributed by atoms with E-state index in [0.29, 0.717) is 12.5 Å². The van der Waals surface area contributed by atoms with Crippen LogP contribution in [-0.4, -0.2) is 17.1 Å². The second-order valence-electron chi connectivity index (χ2n) is 4.88. The van der Waals surface area contributed by atoms with E-state index in [1.807, 2.05) is 24.4 Å². The molecule has 1 aromatic heterocycles. The zero-order chi connectivity index (χ0) is 13.9. The van der Waals surface area contributed by atoms with Crippen molar-refractivity contribution < 1.29 is 4.74 Å². The number of aromatic nitrogens is 2. The lowest BCUT2D eigenvalue weighted by Gasteiger charge is -2.11. The van der Waals surface area contributed by atoms with Gasteiger partial charge in [0, 0.05) is 28.7 Å². The fourth-order valence-corrected chi connectivity index (χ4v) is 2.49. The average molecular weight is 334 g/mol. The Kier molecular flexibility index (Phi) is 3.87. The topological polar surface area (TPSA) is 47.0 Å². The first-order valence-corrected chi connectivity index (χ1v) is 7.45. The van der Waals surface area contributed by atoms with Gasteiger partial charge in [-0.15, -0.1) is 0 Å². The van der Waals surface area contributed by atoms with Crippen molar-refractivity contribution in [3.63, 3.8) is 0 Å². The van der Waals surface area contributed by atoms with Crippen LogP contribution in [0.25, 0.3) is 0 Å². The van der Waals surface area contributed by atoms with Crippen molar-refractivity contribution in [2.75, 3.05) is 12.4 Å². The number of hydrogen-bond acceptors (Lipinski definition) is 4. The summed E-state index contributed by atoms with van der Waals surface area (Å²) < 4.78 is 6.41. The fraction of sp³-hybridized carbons (Fsp3) is 0.333. The van der Waals surface area contributed by atoms with Gasteiger partial charge in [-0.05, 0) is 37.1 Å². The molecule has 1 fully saturated rings. The summed E-state index contributed by atoms with van der Waals surface area (Å²) in [5.74, 6) is 3.26. The number of anilines is 1. The number of nitrogens with one attached hydrogen (secondary N) is 1. The first-order valence-electron chi connectivity index (χ1n) is 6.65. The number of rotatable bonds is 5. The molecule has 1 heterocycles. The van der Waals surface area contributed by atoms with Gasteiger partial charge in [-0.25, -0.2) is 9.97 Å². The van der Waals surface area contributed by atoms with Gasteiger partial charge in [0.05, 0.1) is 7.11 Å². The molecule has 0 atom stereocenters. The van der Waals surface area contributed by atoms with Gasteiger partial charge >= 0.3 is 0 Å². The number of ether oxygens (including phenoxy) is 1. The van der Waals surface area contributed by atoms with E-state index in [-0.39, 0.29) is 0 Å². The van der Waals surface area contributed by atoms with E-state index < -0.39 is 0 Å². The third kappa shape index (κ3) is 3.10. The highest BCUT2D eigenvalue weighted by Crippen LogP contribution is 2.38. The quantitative estimate of drug-likeness (QED) is 0.905. The normalized spacial score (nSPS) is 14.1. The molecule has 1 saturated carbocycles. The summed E-state index contributed by atoms with van der Waals surface area (Å²) in [5, 5.41) is 3.33. The maximum Gasteiger partial charge on any atom is 0.133 e. The summed E-state index contributed by atoms with van der Waals surface area (Å²) in [6.07, 6.45) is 4.24. The van der Waals surface area contributed by atoms with Crippen molar-refractivity contribution in [2.24, 2.45) is 0 Å². The molecule has 0 amide bonds. The number of hydrogen-bond donors (Lipinski definition) is 1. The molecule has 0 spiro atoms. The van der Waals surface area contributed by atoms with Gasteiger partial charge < -0.3 is 10.1 Å². The van der Waals surface area contributed by atoms with Crippen molar-refractivity contribution in [1.29, 1.82) is 0 Å². The van der Waals surface area contributed by atoms with Crippen LogP contribution in [0.4, 0.5) is 5.82 Å². The Morgan fingerprint density at radius 2 is 2.20 bits per heavy atom. The van der Waals surface area contributed by atoms with E-state index >= 15 is 0 Å². The molecule has 1 aliphatic carbocycles. The van der Waals surface area contributed by atoms with Crippen molar-refractivity contribution in [2.45, 2.75) is 25.3 Å². The van der Waals surface area contributed by atoms with Gasteiger partial charge in [-0.1, -0.05) is 15.9 Å². The summed E-state index contributed by atoms with van der Waals surface area (Å²) >= 11 is 3.48. The second-order valence-corrected chi connectivity index (χ2v) is 5.80. The molecule has 1 aromatic carbocycles. The van der Waals surface area contributed by atoms with Crippen LogP contribution in [0.2, 0.25) is 0 Å². The standard InChI is InChI=1S/C15H16BrN3O/c1-20-13-5-4-12(16)8-11(13)9-18-14-6-7-17-15(19-14)10-2-3-10/h4-8,10H,2-3,9H2,1H3,(H,17,18,19). The second kappa shape index (κ2) is 5.79. The molecule has 0 bridgehead atoms. The maximum atomic E-state index is 5.37. The molecule has 1 N–H and O–H groups in total. The molecule has 0 aliphatic heterocycles. The number of benzene rings is 1. The zero-order valence-electron chi connectivity index (χ0n) is 11.3. The van der Waals surface area contributed by atoms with Crippen LogP contribution in [0.1, 0.15) is 30.1 Å². The van der Waals surface area contributed by atoms with Gasteiger partial charge in [-0.2, -0.15) is 0 Å². The first kappa shape index (κ1) is 13.4. The van der Waals surface area contributed by atoms with Crippen molar-refractivity contribution in [3.05, 3.63) is 46.3 Å². The zero-order valence-corrected chi connectivity index (χ0v) is 12.9. The Bertz CT molecular complexity index is 614. The van der Waals surface area contributed by atoms with Crippen molar-refractivity contribution >= 4 is 21.7 Å². The lowest BCUT2D eigenvalue weighted by Crippen LogP contribution is -2.05. The third-order valence-corrected chi connectivity index (χ3v) is 3.81. The molecule has 20 heavy (non-hydrogen) atoms. The summed E-state index contributed by atoms with van der Waals surface area (Å²) in [7, 11) is 1.68. The Hall–Kier alpha value is -1.62. The Balaban J connectivity index is 1.72. The molecule has 3 rings (SSSR count). The minimum absolute atomic E-state index is 0.567. The van der Waals surface area contributed by atoms with Gasteiger partial charge in [0.1, 0.15) is 17.4 Å². The summed E-state index contributed by atoms with van der Waals surface area (Å²) in [4.78, 5) is 8.87. The summed E-state index contributed by atoms with van der Waals surface area (Å²) in [6, 6.07) is 7.88. The Morgan fingerprint density at radius 3 is 2.95 bits per heavy atom. The summed E-state index contributed by atoms with van der Waals surface area (Å²) in [5.41, 5.74) is 1.09. The van der Waals surface area contributed by atoms with Crippen LogP contribution in [0.15, 0.2) is 34.9 Å². The van der Waals surface area contributed by atoms with Gasteiger partial charge in [-0.3, -0.25) is 0 Å². The first-order chi connectivity index (χ1) is 9.76. The molecule has 0 saturated heterocycles. The number of halogens is 1. The van der Waals surface area contributed by atoms with Crippen LogP contribution in [0, 0.1) is 0 Å². The minimum Gasteiger partial charge on any atom is -0.496 e. The molecular weight excluding hydrogens is 318 g/mol.